The summed E-state index contributed by atoms with van der Waals surface area (Å²) in [5.41, 5.74) is 1.98. The maximum absolute atomic E-state index is 13.5. The molecule has 0 aromatic heterocycles. The van der Waals surface area contributed by atoms with Gasteiger partial charge in [0.15, 0.2) is 0 Å². The second-order valence-electron chi connectivity index (χ2n) is 4.55. The van der Waals surface area contributed by atoms with Crippen LogP contribution in [0.4, 0.5) is 4.39 Å². The molecule has 0 saturated carbocycles. The maximum atomic E-state index is 13.5. The third kappa shape index (κ3) is 3.84. The molecule has 0 amide bonds. The molecule has 1 atom stereocenters. The summed E-state index contributed by atoms with van der Waals surface area (Å²) >= 11 is 6.74. The molecule has 1 unspecified atom stereocenters. The van der Waals surface area contributed by atoms with E-state index in [-0.39, 0.29) is 11.9 Å². The molecule has 0 aliphatic heterocycles. The van der Waals surface area contributed by atoms with Crippen LogP contribution in [0.2, 0.25) is 0 Å². The van der Waals surface area contributed by atoms with Crippen LogP contribution in [0.1, 0.15) is 24.1 Å². The molecule has 0 aliphatic carbocycles. The summed E-state index contributed by atoms with van der Waals surface area (Å²) in [6.07, 6.45) is 0. The van der Waals surface area contributed by atoms with E-state index in [0.717, 1.165) is 27.9 Å². The van der Waals surface area contributed by atoms with E-state index in [1.54, 1.807) is 19.2 Å². The smallest absolute Gasteiger partial charge is 0.137 e. The molecule has 21 heavy (non-hydrogen) atoms. The van der Waals surface area contributed by atoms with Crippen LogP contribution in [0.25, 0.3) is 0 Å². The fourth-order valence-corrected chi connectivity index (χ4v) is 3.01. The highest BCUT2D eigenvalue weighted by Gasteiger charge is 2.18. The first-order valence-corrected chi connectivity index (χ1v) is 8.17. The summed E-state index contributed by atoms with van der Waals surface area (Å²) in [4.78, 5) is 0. The monoisotopic (exact) mass is 415 g/mol. The van der Waals surface area contributed by atoms with Crippen LogP contribution in [-0.4, -0.2) is 13.7 Å². The van der Waals surface area contributed by atoms with Crippen LogP contribution in [0, 0.1) is 5.82 Å². The van der Waals surface area contributed by atoms with E-state index in [9.17, 15) is 4.39 Å². The van der Waals surface area contributed by atoms with Crippen LogP contribution >= 0.6 is 31.9 Å². The number of hydrogen-bond acceptors (Lipinski definition) is 2. The lowest BCUT2D eigenvalue weighted by Crippen LogP contribution is -2.22. The second-order valence-corrected chi connectivity index (χ2v) is 6.32. The average Bonchev–Trinajstić information content (AvgIpc) is 2.48. The lowest BCUT2D eigenvalue weighted by atomic mass is 9.97. The normalized spacial score (nSPS) is 12.2. The molecular formula is C16H16Br2FNO. The van der Waals surface area contributed by atoms with Gasteiger partial charge in [-0.05, 0) is 58.4 Å². The van der Waals surface area contributed by atoms with Crippen molar-refractivity contribution in [2.45, 2.75) is 13.0 Å². The first kappa shape index (κ1) is 16.5. The SMILES string of the molecule is CCNC(c1ccc(F)c(Br)c1)c1cc(Br)ccc1OC. The summed E-state index contributed by atoms with van der Waals surface area (Å²) in [5.74, 6) is 0.528. The predicted octanol–water partition coefficient (Wildman–Crippen LogP) is 5.06. The van der Waals surface area contributed by atoms with Crippen molar-refractivity contribution in [1.29, 1.82) is 0 Å². The molecule has 0 saturated heterocycles. The number of nitrogens with one attached hydrogen (secondary N) is 1. The van der Waals surface area contributed by atoms with Crippen molar-refractivity contribution in [3.05, 3.63) is 62.3 Å². The van der Waals surface area contributed by atoms with Crippen LogP contribution in [0.15, 0.2) is 45.3 Å². The van der Waals surface area contributed by atoms with Gasteiger partial charge in [-0.15, -0.1) is 0 Å². The Balaban J connectivity index is 2.52. The average molecular weight is 417 g/mol. The lowest BCUT2D eigenvalue weighted by molar-refractivity contribution is 0.404. The van der Waals surface area contributed by atoms with Gasteiger partial charge in [0.25, 0.3) is 0 Å². The first-order chi connectivity index (χ1) is 10.1. The lowest BCUT2D eigenvalue weighted by Gasteiger charge is -2.22. The van der Waals surface area contributed by atoms with Crippen LogP contribution in [-0.2, 0) is 0 Å². The molecule has 0 spiro atoms. The van der Waals surface area contributed by atoms with E-state index in [0.29, 0.717) is 4.47 Å². The van der Waals surface area contributed by atoms with Crippen molar-refractivity contribution >= 4 is 31.9 Å². The molecule has 2 aromatic carbocycles. The van der Waals surface area contributed by atoms with E-state index in [4.69, 9.17) is 4.74 Å². The van der Waals surface area contributed by atoms with E-state index >= 15 is 0 Å². The van der Waals surface area contributed by atoms with Crippen LogP contribution in [0.5, 0.6) is 5.75 Å². The highest BCUT2D eigenvalue weighted by atomic mass is 79.9. The summed E-state index contributed by atoms with van der Waals surface area (Å²) < 4.78 is 20.3. The fraction of sp³-hybridized carbons (Fsp3) is 0.250. The third-order valence-corrected chi connectivity index (χ3v) is 4.29. The fourth-order valence-electron chi connectivity index (χ4n) is 2.23. The minimum Gasteiger partial charge on any atom is -0.496 e. The van der Waals surface area contributed by atoms with E-state index in [2.05, 4.69) is 37.2 Å². The molecule has 2 aromatic rings. The molecule has 112 valence electrons. The van der Waals surface area contributed by atoms with E-state index < -0.39 is 0 Å². The molecule has 0 bridgehead atoms. The maximum Gasteiger partial charge on any atom is 0.137 e. The number of ether oxygens (including phenoxy) is 1. The van der Waals surface area contributed by atoms with Gasteiger partial charge in [-0.3, -0.25) is 0 Å². The molecule has 2 rings (SSSR count). The minimum absolute atomic E-state index is 0.0700. The van der Waals surface area contributed by atoms with Gasteiger partial charge in [0.1, 0.15) is 11.6 Å². The minimum atomic E-state index is -0.268. The molecule has 5 heteroatoms. The number of hydrogen-bond donors (Lipinski definition) is 1. The van der Waals surface area contributed by atoms with Crippen molar-refractivity contribution in [2.24, 2.45) is 0 Å². The number of halogens is 3. The number of methoxy groups -OCH3 is 1. The Morgan fingerprint density at radius 1 is 1.19 bits per heavy atom. The number of rotatable bonds is 5. The Labute approximate surface area is 141 Å². The van der Waals surface area contributed by atoms with Gasteiger partial charge in [-0.1, -0.05) is 28.9 Å². The van der Waals surface area contributed by atoms with Crippen molar-refractivity contribution in [1.82, 2.24) is 5.32 Å². The quantitative estimate of drug-likeness (QED) is 0.735. The molecular weight excluding hydrogens is 401 g/mol. The van der Waals surface area contributed by atoms with Gasteiger partial charge in [-0.25, -0.2) is 4.39 Å². The Hall–Kier alpha value is -0.910. The zero-order valence-electron chi connectivity index (χ0n) is 11.8. The Morgan fingerprint density at radius 2 is 1.95 bits per heavy atom. The Bertz CT molecular complexity index is 634. The molecule has 2 nitrogen and oxygen atoms in total. The van der Waals surface area contributed by atoms with Gasteiger partial charge < -0.3 is 10.1 Å². The largest absolute Gasteiger partial charge is 0.496 e. The van der Waals surface area contributed by atoms with Gasteiger partial charge in [-0.2, -0.15) is 0 Å². The summed E-state index contributed by atoms with van der Waals surface area (Å²) in [5, 5.41) is 3.42. The van der Waals surface area contributed by atoms with E-state index in [1.165, 1.54) is 6.07 Å². The van der Waals surface area contributed by atoms with Crippen LogP contribution in [0.3, 0.4) is 0 Å². The summed E-state index contributed by atoms with van der Waals surface area (Å²) in [6, 6.07) is 10.8. The van der Waals surface area contributed by atoms with E-state index in [1.807, 2.05) is 25.1 Å². The number of benzene rings is 2. The standard InChI is InChI=1S/C16H16Br2FNO/c1-3-20-16(10-4-6-14(19)13(18)8-10)12-9-11(17)5-7-15(12)21-2/h4-9,16,20H,3H2,1-2H3. The second kappa shape index (κ2) is 7.38. The van der Waals surface area contributed by atoms with Crippen molar-refractivity contribution in [2.75, 3.05) is 13.7 Å². The van der Waals surface area contributed by atoms with Crippen LogP contribution < -0.4 is 10.1 Å². The molecule has 0 radical (unpaired) electrons. The van der Waals surface area contributed by atoms with Crippen molar-refractivity contribution in [3.8, 4) is 5.75 Å². The third-order valence-electron chi connectivity index (χ3n) is 3.19. The van der Waals surface area contributed by atoms with Crippen molar-refractivity contribution in [3.63, 3.8) is 0 Å². The van der Waals surface area contributed by atoms with Gasteiger partial charge in [0, 0.05) is 10.0 Å². The molecule has 1 N–H and O–H groups in total. The topological polar surface area (TPSA) is 21.3 Å². The Kier molecular flexibility index (Phi) is 5.79. The van der Waals surface area contributed by atoms with Gasteiger partial charge >= 0.3 is 0 Å². The molecule has 0 aliphatic rings. The highest BCUT2D eigenvalue weighted by Crippen LogP contribution is 2.33. The molecule has 0 heterocycles. The predicted molar refractivity (Wildman–Crippen MR) is 90.3 cm³/mol. The zero-order chi connectivity index (χ0) is 15.4. The Morgan fingerprint density at radius 3 is 2.57 bits per heavy atom. The van der Waals surface area contributed by atoms with Crippen molar-refractivity contribution < 1.29 is 9.13 Å². The van der Waals surface area contributed by atoms with Gasteiger partial charge in [0.2, 0.25) is 0 Å². The zero-order valence-corrected chi connectivity index (χ0v) is 15.0. The summed E-state index contributed by atoms with van der Waals surface area (Å²) in [6.45, 7) is 2.82. The highest BCUT2D eigenvalue weighted by molar-refractivity contribution is 9.10. The van der Waals surface area contributed by atoms with Gasteiger partial charge in [0.05, 0.1) is 17.6 Å². The first-order valence-electron chi connectivity index (χ1n) is 6.58. The summed E-state index contributed by atoms with van der Waals surface area (Å²) in [7, 11) is 1.65. The molecule has 0 fully saturated rings.